The second-order valence-corrected chi connectivity index (χ2v) is 5.92. The molecule has 0 amide bonds. The predicted molar refractivity (Wildman–Crippen MR) is 88.4 cm³/mol. The standard InChI is InChI=1S/C19H27NO.HI/c1-2-3-4-5-6-7-8-9-14-20-15-10-11-17-16-18(21)12-13-19(17)20;/h10-13,15-16H,2-9,14H2,1H3;1H. The molecule has 0 saturated heterocycles. The number of aromatic hydroxyl groups is 1. The summed E-state index contributed by atoms with van der Waals surface area (Å²) in [4.78, 5) is 0. The van der Waals surface area contributed by atoms with E-state index in [4.69, 9.17) is 0 Å². The van der Waals surface area contributed by atoms with E-state index in [0.717, 1.165) is 11.9 Å². The molecule has 0 aliphatic carbocycles. The minimum absolute atomic E-state index is 0. The van der Waals surface area contributed by atoms with E-state index in [1.54, 1.807) is 6.07 Å². The number of nitrogens with zero attached hydrogens (tertiary/aromatic N) is 1. The van der Waals surface area contributed by atoms with Gasteiger partial charge in [0.05, 0.1) is 5.39 Å². The van der Waals surface area contributed by atoms with E-state index in [2.05, 4.69) is 29.8 Å². The monoisotopic (exact) mass is 413 g/mol. The van der Waals surface area contributed by atoms with E-state index in [9.17, 15) is 5.11 Å². The molecule has 0 bridgehead atoms. The highest BCUT2D eigenvalue weighted by Crippen LogP contribution is 2.16. The Hall–Kier alpha value is -0.840. The first kappa shape index (κ1) is 19.2. The maximum Gasteiger partial charge on any atom is 0.212 e. The summed E-state index contributed by atoms with van der Waals surface area (Å²) in [5.41, 5.74) is 1.21. The van der Waals surface area contributed by atoms with Gasteiger partial charge >= 0.3 is 0 Å². The molecule has 2 aromatic rings. The highest BCUT2D eigenvalue weighted by atomic mass is 127. The van der Waals surface area contributed by atoms with E-state index in [1.807, 2.05) is 12.1 Å². The molecule has 0 atom stereocenters. The molecule has 0 aliphatic heterocycles. The summed E-state index contributed by atoms with van der Waals surface area (Å²) in [7, 11) is 0. The lowest BCUT2D eigenvalue weighted by Crippen LogP contribution is -3.00. The Morgan fingerprint density at radius 1 is 0.909 bits per heavy atom. The number of unbranched alkanes of at least 4 members (excludes halogenated alkanes) is 7. The van der Waals surface area contributed by atoms with Gasteiger partial charge in [-0.25, -0.2) is 0 Å². The third-order valence-corrected chi connectivity index (χ3v) is 4.11. The van der Waals surface area contributed by atoms with Crippen LogP contribution in [0.15, 0.2) is 36.5 Å². The minimum atomic E-state index is 0. The lowest BCUT2D eigenvalue weighted by Gasteiger charge is -2.03. The summed E-state index contributed by atoms with van der Waals surface area (Å²) >= 11 is 0. The number of halogens is 1. The number of aromatic nitrogens is 1. The summed E-state index contributed by atoms with van der Waals surface area (Å²) in [6, 6.07) is 9.73. The number of aryl methyl sites for hydroxylation is 1. The highest BCUT2D eigenvalue weighted by molar-refractivity contribution is 5.76. The topological polar surface area (TPSA) is 24.1 Å². The first-order valence-electron chi connectivity index (χ1n) is 8.42. The van der Waals surface area contributed by atoms with Gasteiger partial charge in [0, 0.05) is 18.6 Å². The molecule has 22 heavy (non-hydrogen) atoms. The molecular formula is C19H28INO. The number of phenols is 1. The summed E-state index contributed by atoms with van der Waals surface area (Å²) in [6.45, 7) is 3.33. The van der Waals surface area contributed by atoms with Gasteiger partial charge in [-0.3, -0.25) is 0 Å². The number of hydrogen-bond donors (Lipinski definition) is 1. The minimum Gasteiger partial charge on any atom is -1.00 e. The van der Waals surface area contributed by atoms with Gasteiger partial charge in [0.25, 0.3) is 0 Å². The lowest BCUT2D eigenvalue weighted by atomic mass is 10.1. The maximum absolute atomic E-state index is 9.55. The number of benzene rings is 1. The van der Waals surface area contributed by atoms with Gasteiger partial charge < -0.3 is 29.1 Å². The number of rotatable bonds is 9. The van der Waals surface area contributed by atoms with Crippen LogP contribution in [0.3, 0.4) is 0 Å². The van der Waals surface area contributed by atoms with Crippen molar-refractivity contribution in [2.24, 2.45) is 0 Å². The van der Waals surface area contributed by atoms with Crippen molar-refractivity contribution in [3.8, 4) is 5.75 Å². The Morgan fingerprint density at radius 3 is 2.32 bits per heavy atom. The van der Waals surface area contributed by atoms with Crippen LogP contribution in [0.5, 0.6) is 5.75 Å². The largest absolute Gasteiger partial charge is 1.00 e. The van der Waals surface area contributed by atoms with Crippen LogP contribution >= 0.6 is 0 Å². The molecule has 0 radical (unpaired) electrons. The van der Waals surface area contributed by atoms with Crippen molar-refractivity contribution in [1.82, 2.24) is 0 Å². The van der Waals surface area contributed by atoms with Crippen LogP contribution in [-0.2, 0) is 6.54 Å². The summed E-state index contributed by atoms with van der Waals surface area (Å²) in [5, 5.41) is 10.7. The summed E-state index contributed by atoms with van der Waals surface area (Å²) < 4.78 is 2.30. The average molecular weight is 413 g/mol. The van der Waals surface area contributed by atoms with E-state index in [-0.39, 0.29) is 24.0 Å². The number of hydrogen-bond acceptors (Lipinski definition) is 1. The van der Waals surface area contributed by atoms with E-state index in [0.29, 0.717) is 5.75 Å². The lowest BCUT2D eigenvalue weighted by molar-refractivity contribution is -0.671. The molecule has 1 aromatic carbocycles. The fourth-order valence-electron chi connectivity index (χ4n) is 2.88. The van der Waals surface area contributed by atoms with Gasteiger partial charge in [0.15, 0.2) is 6.20 Å². The summed E-state index contributed by atoms with van der Waals surface area (Å²) in [6.07, 6.45) is 12.9. The van der Waals surface area contributed by atoms with Crippen LogP contribution in [0.2, 0.25) is 0 Å². The molecule has 1 N–H and O–H groups in total. The average Bonchev–Trinajstić information content (AvgIpc) is 2.49. The molecular weight excluding hydrogens is 385 g/mol. The Labute approximate surface area is 151 Å². The molecule has 1 aromatic heterocycles. The molecule has 0 fully saturated rings. The molecule has 3 heteroatoms. The first-order chi connectivity index (χ1) is 10.3. The third kappa shape index (κ3) is 6.11. The quantitative estimate of drug-likeness (QED) is 0.380. The first-order valence-corrected chi connectivity index (χ1v) is 8.42. The Kier molecular flexibility index (Phi) is 9.44. The van der Waals surface area contributed by atoms with Crippen LogP contribution in [-0.4, -0.2) is 5.11 Å². The van der Waals surface area contributed by atoms with Crippen molar-refractivity contribution in [2.75, 3.05) is 0 Å². The number of pyridine rings is 1. The van der Waals surface area contributed by atoms with Crippen molar-refractivity contribution in [2.45, 2.75) is 64.8 Å². The van der Waals surface area contributed by atoms with Crippen LogP contribution in [0.1, 0.15) is 58.3 Å². The predicted octanol–water partition coefficient (Wildman–Crippen LogP) is 1.98. The third-order valence-electron chi connectivity index (χ3n) is 4.11. The molecule has 0 spiro atoms. The zero-order valence-electron chi connectivity index (χ0n) is 13.6. The Balaban J connectivity index is 0.00000242. The van der Waals surface area contributed by atoms with Gasteiger partial charge in [-0.15, -0.1) is 0 Å². The summed E-state index contributed by atoms with van der Waals surface area (Å²) in [5.74, 6) is 0.340. The normalized spacial score (nSPS) is 10.6. The molecule has 0 saturated carbocycles. The zero-order valence-corrected chi connectivity index (χ0v) is 15.8. The van der Waals surface area contributed by atoms with Crippen molar-refractivity contribution < 1.29 is 33.7 Å². The van der Waals surface area contributed by atoms with Gasteiger partial charge in [0.2, 0.25) is 5.52 Å². The smallest absolute Gasteiger partial charge is 0.212 e. The fourth-order valence-corrected chi connectivity index (χ4v) is 2.88. The van der Waals surface area contributed by atoms with Gasteiger partial charge in [-0.1, -0.05) is 45.4 Å². The van der Waals surface area contributed by atoms with Gasteiger partial charge in [0.1, 0.15) is 12.3 Å². The fraction of sp³-hybridized carbons (Fsp3) is 0.526. The van der Waals surface area contributed by atoms with Crippen molar-refractivity contribution in [3.05, 3.63) is 36.5 Å². The van der Waals surface area contributed by atoms with Crippen LogP contribution < -0.4 is 28.5 Å². The number of fused-ring (bicyclic) bond motifs is 1. The zero-order chi connectivity index (χ0) is 14.9. The maximum atomic E-state index is 9.55. The molecule has 0 unspecified atom stereocenters. The van der Waals surface area contributed by atoms with E-state index in [1.165, 1.54) is 56.9 Å². The van der Waals surface area contributed by atoms with E-state index >= 15 is 0 Å². The van der Waals surface area contributed by atoms with Crippen molar-refractivity contribution >= 4 is 10.9 Å². The van der Waals surface area contributed by atoms with Gasteiger partial charge in [-0.05, 0) is 24.6 Å². The van der Waals surface area contributed by atoms with Crippen molar-refractivity contribution in [1.29, 1.82) is 0 Å². The van der Waals surface area contributed by atoms with Crippen LogP contribution in [0, 0.1) is 0 Å². The van der Waals surface area contributed by atoms with Crippen molar-refractivity contribution in [3.63, 3.8) is 0 Å². The molecule has 2 nitrogen and oxygen atoms in total. The Morgan fingerprint density at radius 2 is 1.59 bits per heavy atom. The highest BCUT2D eigenvalue weighted by Gasteiger charge is 2.08. The Bertz CT molecular complexity index is 556. The van der Waals surface area contributed by atoms with E-state index < -0.39 is 0 Å². The van der Waals surface area contributed by atoms with Crippen LogP contribution in [0.4, 0.5) is 0 Å². The molecule has 0 aliphatic rings. The van der Waals surface area contributed by atoms with Crippen LogP contribution in [0.25, 0.3) is 10.9 Å². The van der Waals surface area contributed by atoms with Gasteiger partial charge in [-0.2, -0.15) is 4.57 Å². The second-order valence-electron chi connectivity index (χ2n) is 5.92. The second kappa shape index (κ2) is 10.8. The molecule has 1 heterocycles. The number of phenolic OH excluding ortho intramolecular Hbond substituents is 1. The molecule has 122 valence electrons. The molecule has 2 rings (SSSR count). The SMILES string of the molecule is CCCCCCCCCC[n+]1cccc2cc(O)ccc21.[I-].